The summed E-state index contributed by atoms with van der Waals surface area (Å²) >= 11 is 0. The summed E-state index contributed by atoms with van der Waals surface area (Å²) in [7, 11) is 1.93. The van der Waals surface area contributed by atoms with E-state index >= 15 is 0 Å². The Hall–Kier alpha value is -1.72. The van der Waals surface area contributed by atoms with Crippen molar-refractivity contribution in [1.29, 1.82) is 0 Å². The second-order valence-electron chi connectivity index (χ2n) is 4.67. The number of hydrogen-bond donors (Lipinski definition) is 0. The Morgan fingerprint density at radius 3 is 2.84 bits per heavy atom. The van der Waals surface area contributed by atoms with Crippen LogP contribution in [0, 0.1) is 0 Å². The molecule has 2 aromatic rings. The largest absolute Gasteiger partial charge is 0.350 e. The minimum atomic E-state index is -0.373. The van der Waals surface area contributed by atoms with Crippen molar-refractivity contribution in [3.8, 4) is 0 Å². The number of carbonyl (C=O) groups excluding carboxylic acids is 1. The molecule has 0 bridgehead atoms. The molecule has 0 unspecified atom stereocenters. The maximum Gasteiger partial charge on any atom is 0.164 e. The normalized spacial score (nSPS) is 16.3. The molecule has 1 aromatic heterocycles. The van der Waals surface area contributed by atoms with Gasteiger partial charge in [0, 0.05) is 7.05 Å². The zero-order chi connectivity index (χ0) is 13.2. The van der Waals surface area contributed by atoms with Crippen molar-refractivity contribution >= 4 is 16.8 Å². The fourth-order valence-electron chi connectivity index (χ4n) is 2.31. The first-order valence-electron chi connectivity index (χ1n) is 6.39. The molecule has 100 valence electrons. The summed E-state index contributed by atoms with van der Waals surface area (Å²) in [5.41, 5.74) is 1.96. The third-order valence-corrected chi connectivity index (χ3v) is 3.32. The highest BCUT2D eigenvalue weighted by molar-refractivity contribution is 5.82. The van der Waals surface area contributed by atoms with Gasteiger partial charge in [0.25, 0.3) is 0 Å². The number of ether oxygens (including phenoxy) is 2. The van der Waals surface area contributed by atoms with Crippen LogP contribution in [-0.2, 0) is 27.7 Å². The Kier molecular flexibility index (Phi) is 3.31. The summed E-state index contributed by atoms with van der Waals surface area (Å²) in [6.07, 6.45) is 0.236. The van der Waals surface area contributed by atoms with Gasteiger partial charge in [-0.15, -0.1) is 0 Å². The molecule has 0 saturated carbocycles. The van der Waals surface area contributed by atoms with E-state index in [0.717, 1.165) is 16.9 Å². The number of rotatable bonds is 4. The Morgan fingerprint density at radius 2 is 2.11 bits per heavy atom. The van der Waals surface area contributed by atoms with Gasteiger partial charge in [0.1, 0.15) is 11.6 Å². The van der Waals surface area contributed by atoms with Crippen LogP contribution in [0.5, 0.6) is 0 Å². The van der Waals surface area contributed by atoms with Gasteiger partial charge in [-0.25, -0.2) is 4.98 Å². The second kappa shape index (κ2) is 5.11. The van der Waals surface area contributed by atoms with Crippen LogP contribution in [0.25, 0.3) is 11.0 Å². The third-order valence-electron chi connectivity index (χ3n) is 3.32. The summed E-state index contributed by atoms with van der Waals surface area (Å²) in [6, 6.07) is 7.86. The predicted octanol–water partition coefficient (Wildman–Crippen LogP) is 1.45. The van der Waals surface area contributed by atoms with Gasteiger partial charge < -0.3 is 14.0 Å². The van der Waals surface area contributed by atoms with Gasteiger partial charge in [-0.3, -0.25) is 4.79 Å². The van der Waals surface area contributed by atoms with Gasteiger partial charge in [-0.1, -0.05) is 12.1 Å². The Morgan fingerprint density at radius 1 is 1.37 bits per heavy atom. The van der Waals surface area contributed by atoms with Crippen molar-refractivity contribution in [3.63, 3.8) is 0 Å². The van der Waals surface area contributed by atoms with Crippen molar-refractivity contribution in [2.45, 2.75) is 19.1 Å². The molecular weight excluding hydrogens is 244 g/mol. The SMILES string of the molecule is Cn1c(CC(=O)CC2OCCO2)nc2ccccc21. The van der Waals surface area contributed by atoms with E-state index in [-0.39, 0.29) is 12.1 Å². The van der Waals surface area contributed by atoms with E-state index in [1.807, 2.05) is 35.9 Å². The minimum absolute atomic E-state index is 0.0882. The summed E-state index contributed by atoms with van der Waals surface area (Å²) in [6.45, 7) is 1.15. The molecule has 1 aromatic carbocycles. The van der Waals surface area contributed by atoms with Crippen LogP contribution in [0.1, 0.15) is 12.2 Å². The minimum Gasteiger partial charge on any atom is -0.350 e. The van der Waals surface area contributed by atoms with E-state index in [4.69, 9.17) is 9.47 Å². The first kappa shape index (κ1) is 12.3. The molecule has 1 fully saturated rings. The monoisotopic (exact) mass is 260 g/mol. The standard InChI is InChI=1S/C14H16N2O3/c1-16-12-5-3-2-4-11(12)15-13(16)8-10(17)9-14-18-6-7-19-14/h2-5,14H,6-9H2,1H3. The lowest BCUT2D eigenvalue weighted by atomic mass is 10.2. The van der Waals surface area contributed by atoms with Crippen molar-refractivity contribution in [3.05, 3.63) is 30.1 Å². The van der Waals surface area contributed by atoms with E-state index in [0.29, 0.717) is 26.1 Å². The highest BCUT2D eigenvalue weighted by Gasteiger charge is 2.21. The maximum absolute atomic E-state index is 12.0. The molecule has 1 aliphatic heterocycles. The lowest BCUT2D eigenvalue weighted by molar-refractivity contribution is -0.126. The van der Waals surface area contributed by atoms with Gasteiger partial charge in [0.05, 0.1) is 37.1 Å². The van der Waals surface area contributed by atoms with Gasteiger partial charge in [0.2, 0.25) is 0 Å². The van der Waals surface area contributed by atoms with Gasteiger partial charge in [0.15, 0.2) is 6.29 Å². The smallest absolute Gasteiger partial charge is 0.164 e. The van der Waals surface area contributed by atoms with Crippen molar-refractivity contribution in [2.75, 3.05) is 13.2 Å². The summed E-state index contributed by atoms with van der Waals surface area (Å²) < 4.78 is 12.5. The third kappa shape index (κ3) is 2.52. The maximum atomic E-state index is 12.0. The molecule has 0 atom stereocenters. The molecule has 3 rings (SSSR count). The molecule has 1 saturated heterocycles. The molecule has 1 aliphatic rings. The second-order valence-corrected chi connectivity index (χ2v) is 4.67. The fraction of sp³-hybridized carbons (Fsp3) is 0.429. The lowest BCUT2D eigenvalue weighted by Gasteiger charge is -2.07. The van der Waals surface area contributed by atoms with Gasteiger partial charge in [-0.2, -0.15) is 0 Å². The zero-order valence-electron chi connectivity index (χ0n) is 10.8. The average Bonchev–Trinajstić information content (AvgIpc) is 3.00. The molecule has 5 heteroatoms. The molecular formula is C14H16N2O3. The summed E-state index contributed by atoms with van der Waals surface area (Å²) in [5, 5.41) is 0. The molecule has 2 heterocycles. The molecule has 0 N–H and O–H groups in total. The number of hydrogen-bond acceptors (Lipinski definition) is 4. The van der Waals surface area contributed by atoms with Gasteiger partial charge in [-0.05, 0) is 12.1 Å². The van der Waals surface area contributed by atoms with Crippen LogP contribution >= 0.6 is 0 Å². The van der Waals surface area contributed by atoms with E-state index in [9.17, 15) is 4.79 Å². The number of carbonyl (C=O) groups is 1. The highest BCUT2D eigenvalue weighted by Crippen LogP contribution is 2.16. The van der Waals surface area contributed by atoms with E-state index < -0.39 is 0 Å². The molecule has 0 radical (unpaired) electrons. The molecule has 5 nitrogen and oxygen atoms in total. The van der Waals surface area contributed by atoms with Crippen molar-refractivity contribution < 1.29 is 14.3 Å². The summed E-state index contributed by atoms with van der Waals surface area (Å²) in [5.74, 6) is 0.870. The number of imidazole rings is 1. The number of fused-ring (bicyclic) bond motifs is 1. The van der Waals surface area contributed by atoms with Crippen LogP contribution in [0.4, 0.5) is 0 Å². The Labute approximate surface area is 111 Å². The number of benzene rings is 1. The van der Waals surface area contributed by atoms with Crippen LogP contribution in [-0.4, -0.2) is 34.8 Å². The number of aromatic nitrogens is 2. The number of Topliss-reactive ketones (excluding diaryl/α,β-unsaturated/α-hetero) is 1. The quantitative estimate of drug-likeness (QED) is 0.835. The first-order valence-corrected chi connectivity index (χ1v) is 6.39. The first-order chi connectivity index (χ1) is 9.24. The topological polar surface area (TPSA) is 53.4 Å². The lowest BCUT2D eigenvalue weighted by Crippen LogP contribution is -2.17. The number of ketones is 1. The van der Waals surface area contributed by atoms with Crippen molar-refractivity contribution in [1.82, 2.24) is 9.55 Å². The highest BCUT2D eigenvalue weighted by atomic mass is 16.7. The van der Waals surface area contributed by atoms with Crippen LogP contribution in [0.3, 0.4) is 0 Å². The zero-order valence-corrected chi connectivity index (χ0v) is 10.8. The van der Waals surface area contributed by atoms with Crippen molar-refractivity contribution in [2.24, 2.45) is 7.05 Å². The number of nitrogens with zero attached hydrogens (tertiary/aromatic N) is 2. The number of aryl methyl sites for hydroxylation is 1. The van der Waals surface area contributed by atoms with Gasteiger partial charge >= 0.3 is 0 Å². The Balaban J connectivity index is 1.73. The van der Waals surface area contributed by atoms with E-state index in [2.05, 4.69) is 4.98 Å². The number of para-hydroxylation sites is 2. The van der Waals surface area contributed by atoms with E-state index in [1.165, 1.54) is 0 Å². The molecule has 0 amide bonds. The van der Waals surface area contributed by atoms with Crippen LogP contribution in [0.2, 0.25) is 0 Å². The fourth-order valence-corrected chi connectivity index (χ4v) is 2.31. The molecule has 0 spiro atoms. The molecule has 19 heavy (non-hydrogen) atoms. The van der Waals surface area contributed by atoms with Crippen LogP contribution < -0.4 is 0 Å². The Bertz CT molecular complexity index is 600. The van der Waals surface area contributed by atoms with E-state index in [1.54, 1.807) is 0 Å². The molecule has 0 aliphatic carbocycles. The van der Waals surface area contributed by atoms with Crippen LogP contribution in [0.15, 0.2) is 24.3 Å². The summed E-state index contributed by atoms with van der Waals surface area (Å²) in [4.78, 5) is 16.5. The predicted molar refractivity (Wildman–Crippen MR) is 69.7 cm³/mol. The average molecular weight is 260 g/mol.